The molecule has 2 aromatic heterocycles. The summed E-state index contributed by atoms with van der Waals surface area (Å²) < 4.78 is 8.80. The van der Waals surface area contributed by atoms with Crippen LogP contribution in [0, 0.1) is 0 Å². The first-order valence-corrected chi connectivity index (χ1v) is 8.40. The molecule has 0 radical (unpaired) electrons. The number of hydrogen-bond acceptors (Lipinski definition) is 3. The molecular formula is C21H19N3O2. The van der Waals surface area contributed by atoms with Gasteiger partial charge in [0, 0.05) is 30.4 Å². The average Bonchev–Trinajstić information content (AvgIpc) is 3.10. The van der Waals surface area contributed by atoms with Crippen LogP contribution in [-0.2, 0) is 13.6 Å². The zero-order valence-electron chi connectivity index (χ0n) is 14.7. The van der Waals surface area contributed by atoms with Crippen molar-refractivity contribution in [3.05, 3.63) is 82.9 Å². The SMILES string of the molecule is COc1cccc(Cn2ccc3cc(-c4ccnn4C)ccc3c2=O)c1. The predicted molar refractivity (Wildman–Crippen MR) is 103 cm³/mol. The number of benzene rings is 2. The van der Waals surface area contributed by atoms with Gasteiger partial charge in [-0.15, -0.1) is 0 Å². The van der Waals surface area contributed by atoms with E-state index >= 15 is 0 Å². The number of nitrogens with zero attached hydrogens (tertiary/aromatic N) is 3. The number of methoxy groups -OCH3 is 1. The monoisotopic (exact) mass is 345 g/mol. The highest BCUT2D eigenvalue weighted by Gasteiger charge is 2.08. The van der Waals surface area contributed by atoms with E-state index in [0.29, 0.717) is 11.9 Å². The van der Waals surface area contributed by atoms with Gasteiger partial charge < -0.3 is 9.30 Å². The van der Waals surface area contributed by atoms with Crippen LogP contribution in [-0.4, -0.2) is 21.5 Å². The van der Waals surface area contributed by atoms with Crippen molar-refractivity contribution in [2.75, 3.05) is 7.11 Å². The quantitative estimate of drug-likeness (QED) is 0.569. The number of fused-ring (bicyclic) bond motifs is 1. The van der Waals surface area contributed by atoms with Crippen molar-refractivity contribution in [3.63, 3.8) is 0 Å². The molecule has 0 spiro atoms. The van der Waals surface area contributed by atoms with Crippen molar-refractivity contribution in [2.24, 2.45) is 7.05 Å². The maximum atomic E-state index is 12.9. The number of aromatic nitrogens is 3. The molecule has 0 aliphatic heterocycles. The lowest BCUT2D eigenvalue weighted by atomic mass is 10.1. The Bertz CT molecular complexity index is 1140. The number of rotatable bonds is 4. The van der Waals surface area contributed by atoms with Crippen LogP contribution in [0.4, 0.5) is 0 Å². The molecule has 0 bridgehead atoms. The molecule has 26 heavy (non-hydrogen) atoms. The van der Waals surface area contributed by atoms with Gasteiger partial charge in [0.2, 0.25) is 0 Å². The number of pyridine rings is 1. The number of ether oxygens (including phenoxy) is 1. The minimum atomic E-state index is 0.00174. The summed E-state index contributed by atoms with van der Waals surface area (Å²) >= 11 is 0. The molecule has 0 fully saturated rings. The molecule has 0 unspecified atom stereocenters. The molecule has 0 N–H and O–H groups in total. The second kappa shape index (κ2) is 6.52. The normalized spacial score (nSPS) is 11.0. The highest BCUT2D eigenvalue weighted by atomic mass is 16.5. The van der Waals surface area contributed by atoms with E-state index in [4.69, 9.17) is 4.74 Å². The molecular weight excluding hydrogens is 326 g/mol. The van der Waals surface area contributed by atoms with Gasteiger partial charge in [-0.1, -0.05) is 18.2 Å². The average molecular weight is 345 g/mol. The molecule has 4 aromatic rings. The van der Waals surface area contributed by atoms with Gasteiger partial charge in [0.1, 0.15) is 5.75 Å². The van der Waals surface area contributed by atoms with Crippen molar-refractivity contribution >= 4 is 10.8 Å². The highest BCUT2D eigenvalue weighted by Crippen LogP contribution is 2.22. The van der Waals surface area contributed by atoms with Crippen LogP contribution in [0.25, 0.3) is 22.0 Å². The van der Waals surface area contributed by atoms with Crippen LogP contribution in [0.3, 0.4) is 0 Å². The molecule has 0 saturated carbocycles. The summed E-state index contributed by atoms with van der Waals surface area (Å²) in [6, 6.07) is 17.6. The molecule has 5 heteroatoms. The Morgan fingerprint density at radius 2 is 1.96 bits per heavy atom. The first-order valence-electron chi connectivity index (χ1n) is 8.40. The third-order valence-electron chi connectivity index (χ3n) is 4.58. The molecule has 0 aliphatic carbocycles. The molecule has 5 nitrogen and oxygen atoms in total. The van der Waals surface area contributed by atoms with Gasteiger partial charge in [-0.2, -0.15) is 5.10 Å². The van der Waals surface area contributed by atoms with Gasteiger partial charge in [-0.25, -0.2) is 0 Å². The van der Waals surface area contributed by atoms with Crippen LogP contribution in [0.1, 0.15) is 5.56 Å². The highest BCUT2D eigenvalue weighted by molar-refractivity contribution is 5.86. The van der Waals surface area contributed by atoms with E-state index < -0.39 is 0 Å². The molecule has 0 aliphatic rings. The molecule has 0 atom stereocenters. The van der Waals surface area contributed by atoms with E-state index in [0.717, 1.165) is 28.0 Å². The summed E-state index contributed by atoms with van der Waals surface area (Å²) in [5, 5.41) is 5.84. The first kappa shape index (κ1) is 16.1. The summed E-state index contributed by atoms with van der Waals surface area (Å²) in [6.07, 6.45) is 3.61. The molecule has 2 aromatic carbocycles. The van der Waals surface area contributed by atoms with Gasteiger partial charge in [-0.05, 0) is 47.3 Å². The largest absolute Gasteiger partial charge is 0.497 e. The zero-order chi connectivity index (χ0) is 18.1. The Balaban J connectivity index is 1.73. The van der Waals surface area contributed by atoms with Crippen LogP contribution >= 0.6 is 0 Å². The summed E-state index contributed by atoms with van der Waals surface area (Å²) in [5.41, 5.74) is 3.09. The van der Waals surface area contributed by atoms with Crippen molar-refractivity contribution in [2.45, 2.75) is 6.54 Å². The van der Waals surface area contributed by atoms with Crippen molar-refractivity contribution < 1.29 is 4.74 Å². The van der Waals surface area contributed by atoms with Crippen molar-refractivity contribution in [3.8, 4) is 17.0 Å². The summed E-state index contributed by atoms with van der Waals surface area (Å²) in [7, 11) is 3.55. The molecule has 4 rings (SSSR count). The standard InChI is InChI=1S/C21H19N3O2/c1-23-20(8-10-22-23)17-6-7-19-16(13-17)9-11-24(21(19)25)14-15-4-3-5-18(12-15)26-2/h3-13H,14H2,1-2H3. The molecule has 0 saturated heterocycles. The third kappa shape index (κ3) is 2.88. The second-order valence-corrected chi connectivity index (χ2v) is 6.24. The molecule has 0 amide bonds. The van der Waals surface area contributed by atoms with Gasteiger partial charge in [0.15, 0.2) is 0 Å². The van der Waals surface area contributed by atoms with Gasteiger partial charge >= 0.3 is 0 Å². The van der Waals surface area contributed by atoms with E-state index in [-0.39, 0.29) is 5.56 Å². The Morgan fingerprint density at radius 3 is 2.73 bits per heavy atom. The van der Waals surface area contributed by atoms with E-state index in [1.54, 1.807) is 17.9 Å². The van der Waals surface area contributed by atoms with Gasteiger partial charge in [-0.3, -0.25) is 9.48 Å². The Labute approximate surface area is 151 Å². The lowest BCUT2D eigenvalue weighted by molar-refractivity contribution is 0.414. The van der Waals surface area contributed by atoms with Crippen LogP contribution in [0.15, 0.2) is 71.8 Å². The molecule has 130 valence electrons. The van der Waals surface area contributed by atoms with Crippen molar-refractivity contribution in [1.82, 2.24) is 14.3 Å². The minimum Gasteiger partial charge on any atom is -0.497 e. The van der Waals surface area contributed by atoms with E-state index in [1.807, 2.05) is 72.5 Å². The lowest BCUT2D eigenvalue weighted by Gasteiger charge is -2.10. The maximum absolute atomic E-state index is 12.9. The van der Waals surface area contributed by atoms with E-state index in [1.165, 1.54) is 0 Å². The smallest absolute Gasteiger partial charge is 0.258 e. The summed E-state index contributed by atoms with van der Waals surface area (Å²) in [4.78, 5) is 12.9. The van der Waals surface area contributed by atoms with Crippen LogP contribution < -0.4 is 10.3 Å². The Hall–Kier alpha value is -3.34. The van der Waals surface area contributed by atoms with Crippen molar-refractivity contribution in [1.29, 1.82) is 0 Å². The molecule has 2 heterocycles. The van der Waals surface area contributed by atoms with Gasteiger partial charge in [0.25, 0.3) is 5.56 Å². The fourth-order valence-electron chi connectivity index (χ4n) is 3.20. The zero-order valence-corrected chi connectivity index (χ0v) is 14.7. The topological polar surface area (TPSA) is 49.0 Å². The summed E-state index contributed by atoms with van der Waals surface area (Å²) in [6.45, 7) is 0.509. The van der Waals surface area contributed by atoms with Crippen LogP contribution in [0.2, 0.25) is 0 Å². The maximum Gasteiger partial charge on any atom is 0.258 e. The first-order chi connectivity index (χ1) is 12.7. The summed E-state index contributed by atoms with van der Waals surface area (Å²) in [5.74, 6) is 0.789. The van der Waals surface area contributed by atoms with Crippen LogP contribution in [0.5, 0.6) is 5.75 Å². The number of hydrogen-bond donors (Lipinski definition) is 0. The fourth-order valence-corrected chi connectivity index (χ4v) is 3.20. The van der Waals surface area contributed by atoms with Gasteiger partial charge in [0.05, 0.1) is 19.3 Å². The minimum absolute atomic E-state index is 0.00174. The lowest BCUT2D eigenvalue weighted by Crippen LogP contribution is -2.20. The third-order valence-corrected chi connectivity index (χ3v) is 4.58. The van der Waals surface area contributed by atoms with E-state index in [2.05, 4.69) is 5.10 Å². The Kier molecular flexibility index (Phi) is 4.05. The fraction of sp³-hybridized carbons (Fsp3) is 0.143. The second-order valence-electron chi connectivity index (χ2n) is 6.24. The predicted octanol–water partition coefficient (Wildman–Crippen LogP) is 3.46. The Morgan fingerprint density at radius 1 is 1.08 bits per heavy atom. The van der Waals surface area contributed by atoms with E-state index in [9.17, 15) is 4.79 Å². The number of aryl methyl sites for hydroxylation is 1.